The van der Waals surface area contributed by atoms with Crippen molar-refractivity contribution in [2.45, 2.75) is 20.5 Å². The third kappa shape index (κ3) is 3.97. The first kappa shape index (κ1) is 17.4. The molecule has 0 saturated heterocycles. The predicted molar refractivity (Wildman–Crippen MR) is 101 cm³/mol. The second-order valence-corrected chi connectivity index (χ2v) is 6.03. The molecule has 0 unspecified atom stereocenters. The van der Waals surface area contributed by atoms with Crippen LogP contribution in [0.1, 0.15) is 22.4 Å². The quantitative estimate of drug-likeness (QED) is 0.372. The van der Waals surface area contributed by atoms with Gasteiger partial charge in [0.05, 0.1) is 16.8 Å². The lowest BCUT2D eigenvalue weighted by atomic mass is 10.1. The number of aromatic nitrogens is 1. The molecule has 132 valence electrons. The largest absolute Gasteiger partial charge is 0.391 e. The van der Waals surface area contributed by atoms with Crippen molar-refractivity contribution >= 4 is 11.9 Å². The first-order chi connectivity index (χ1) is 12.5. The van der Waals surface area contributed by atoms with Crippen LogP contribution in [0.5, 0.6) is 0 Å². The number of oxime groups is 1. The Hall–Kier alpha value is -3.41. The molecule has 0 aliphatic heterocycles. The molecular weight excluding hydrogens is 330 g/mol. The molecule has 0 atom stereocenters. The van der Waals surface area contributed by atoms with Gasteiger partial charge < -0.3 is 9.40 Å². The van der Waals surface area contributed by atoms with Crippen molar-refractivity contribution in [1.82, 2.24) is 4.57 Å². The standard InChI is InChI=1S/C20H19N3O3/c1-15-8-9-20(16(2)11-15)22-10-4-7-19(22)13-21-26-14-17-5-3-6-18(12-17)23(24)25/h3-13H,14H2,1-2H3/b21-13-. The number of aryl methyl sites for hydroxylation is 2. The molecule has 0 N–H and O–H groups in total. The lowest BCUT2D eigenvalue weighted by Gasteiger charge is -2.10. The molecule has 6 nitrogen and oxygen atoms in total. The molecule has 0 spiro atoms. The third-order valence-corrected chi connectivity index (χ3v) is 4.00. The maximum Gasteiger partial charge on any atom is 0.269 e. The molecule has 0 amide bonds. The fourth-order valence-corrected chi connectivity index (χ4v) is 2.76. The number of nitrogens with zero attached hydrogens (tertiary/aromatic N) is 3. The highest BCUT2D eigenvalue weighted by atomic mass is 16.6. The number of nitro benzene ring substituents is 1. The summed E-state index contributed by atoms with van der Waals surface area (Å²) in [5.74, 6) is 0. The first-order valence-corrected chi connectivity index (χ1v) is 8.18. The van der Waals surface area contributed by atoms with E-state index in [4.69, 9.17) is 4.84 Å². The first-order valence-electron chi connectivity index (χ1n) is 8.18. The van der Waals surface area contributed by atoms with Crippen molar-refractivity contribution in [3.63, 3.8) is 0 Å². The van der Waals surface area contributed by atoms with Crippen LogP contribution in [0.15, 0.2) is 65.9 Å². The molecule has 1 heterocycles. The van der Waals surface area contributed by atoms with E-state index >= 15 is 0 Å². The minimum absolute atomic E-state index is 0.0406. The van der Waals surface area contributed by atoms with E-state index in [1.54, 1.807) is 18.3 Å². The maximum atomic E-state index is 10.8. The Balaban J connectivity index is 1.70. The van der Waals surface area contributed by atoms with E-state index in [9.17, 15) is 10.1 Å². The van der Waals surface area contributed by atoms with Gasteiger partial charge in [0, 0.05) is 24.0 Å². The van der Waals surface area contributed by atoms with Crippen LogP contribution >= 0.6 is 0 Å². The van der Waals surface area contributed by atoms with Crippen LogP contribution in [0.2, 0.25) is 0 Å². The molecule has 0 bridgehead atoms. The molecule has 2 aromatic carbocycles. The van der Waals surface area contributed by atoms with Crippen LogP contribution in [0.4, 0.5) is 5.69 Å². The second-order valence-electron chi connectivity index (χ2n) is 6.03. The van der Waals surface area contributed by atoms with Gasteiger partial charge in [0.2, 0.25) is 0 Å². The summed E-state index contributed by atoms with van der Waals surface area (Å²) in [5.41, 5.74) is 5.10. The van der Waals surface area contributed by atoms with Crippen molar-refractivity contribution in [1.29, 1.82) is 0 Å². The summed E-state index contributed by atoms with van der Waals surface area (Å²) in [5, 5.41) is 14.8. The molecule has 0 fully saturated rings. The van der Waals surface area contributed by atoms with E-state index in [1.165, 1.54) is 23.3 Å². The van der Waals surface area contributed by atoms with Gasteiger partial charge in [-0.2, -0.15) is 0 Å². The summed E-state index contributed by atoms with van der Waals surface area (Å²) in [7, 11) is 0. The van der Waals surface area contributed by atoms with Gasteiger partial charge >= 0.3 is 0 Å². The highest BCUT2D eigenvalue weighted by molar-refractivity contribution is 5.78. The zero-order valence-electron chi connectivity index (χ0n) is 14.6. The zero-order chi connectivity index (χ0) is 18.5. The number of benzene rings is 2. The van der Waals surface area contributed by atoms with Crippen molar-refractivity contribution < 1.29 is 9.76 Å². The van der Waals surface area contributed by atoms with E-state index < -0.39 is 4.92 Å². The molecule has 0 radical (unpaired) electrons. The summed E-state index contributed by atoms with van der Waals surface area (Å²) in [4.78, 5) is 15.7. The Morgan fingerprint density at radius 2 is 2.00 bits per heavy atom. The van der Waals surface area contributed by atoms with E-state index in [1.807, 2.05) is 22.9 Å². The normalized spacial score (nSPS) is 11.0. The SMILES string of the molecule is Cc1ccc(-n2cccc2/C=N\OCc2cccc([N+](=O)[O-])c2)c(C)c1. The zero-order valence-corrected chi connectivity index (χ0v) is 14.6. The van der Waals surface area contributed by atoms with E-state index in [0.717, 1.165) is 11.4 Å². The lowest BCUT2D eigenvalue weighted by molar-refractivity contribution is -0.384. The summed E-state index contributed by atoms with van der Waals surface area (Å²) >= 11 is 0. The summed E-state index contributed by atoms with van der Waals surface area (Å²) in [6.07, 6.45) is 3.61. The lowest BCUT2D eigenvalue weighted by Crippen LogP contribution is -2.01. The minimum Gasteiger partial charge on any atom is -0.391 e. The molecule has 3 rings (SSSR count). The number of hydrogen-bond acceptors (Lipinski definition) is 4. The monoisotopic (exact) mass is 349 g/mol. The van der Waals surface area contributed by atoms with Crippen LogP contribution in [-0.4, -0.2) is 15.7 Å². The molecular formula is C20H19N3O3. The van der Waals surface area contributed by atoms with Crippen LogP contribution in [-0.2, 0) is 11.4 Å². The Kier molecular flexibility index (Phi) is 5.12. The molecule has 26 heavy (non-hydrogen) atoms. The van der Waals surface area contributed by atoms with Gasteiger partial charge in [0.15, 0.2) is 0 Å². The van der Waals surface area contributed by atoms with Gasteiger partial charge in [-0.05, 0) is 43.2 Å². The molecule has 0 saturated carbocycles. The topological polar surface area (TPSA) is 69.7 Å². The van der Waals surface area contributed by atoms with Crippen LogP contribution in [0, 0.1) is 24.0 Å². The highest BCUT2D eigenvalue weighted by Gasteiger charge is 2.06. The van der Waals surface area contributed by atoms with Gasteiger partial charge in [0.1, 0.15) is 6.61 Å². The van der Waals surface area contributed by atoms with Crippen molar-refractivity contribution in [2.75, 3.05) is 0 Å². The number of non-ortho nitro benzene ring substituents is 1. The van der Waals surface area contributed by atoms with Crippen molar-refractivity contribution in [3.8, 4) is 5.69 Å². The fraction of sp³-hybridized carbons (Fsp3) is 0.150. The Morgan fingerprint density at radius 3 is 2.77 bits per heavy atom. The summed E-state index contributed by atoms with van der Waals surface area (Å²) in [6, 6.07) is 16.5. The van der Waals surface area contributed by atoms with Crippen LogP contribution in [0.25, 0.3) is 5.69 Å². The van der Waals surface area contributed by atoms with Gasteiger partial charge in [-0.3, -0.25) is 10.1 Å². The fourth-order valence-electron chi connectivity index (χ4n) is 2.76. The Bertz CT molecular complexity index is 960. The Labute approximate surface area is 151 Å². The van der Waals surface area contributed by atoms with Gasteiger partial charge in [-0.1, -0.05) is 35.0 Å². The summed E-state index contributed by atoms with van der Waals surface area (Å²) in [6.45, 7) is 4.31. The van der Waals surface area contributed by atoms with E-state index in [-0.39, 0.29) is 12.3 Å². The molecule has 0 aliphatic rings. The second kappa shape index (κ2) is 7.65. The number of nitro groups is 1. The third-order valence-electron chi connectivity index (χ3n) is 4.00. The maximum absolute atomic E-state index is 10.8. The predicted octanol–water partition coefficient (Wildman–Crippen LogP) is 4.55. The van der Waals surface area contributed by atoms with Crippen LogP contribution < -0.4 is 0 Å². The summed E-state index contributed by atoms with van der Waals surface area (Å²) < 4.78 is 2.04. The number of hydrogen-bond donors (Lipinski definition) is 0. The molecule has 0 aliphatic carbocycles. The molecule has 1 aromatic heterocycles. The van der Waals surface area contributed by atoms with Crippen molar-refractivity contribution in [3.05, 3.63) is 93.3 Å². The smallest absolute Gasteiger partial charge is 0.269 e. The average Bonchev–Trinajstić information content (AvgIpc) is 3.07. The van der Waals surface area contributed by atoms with E-state index in [2.05, 4.69) is 37.2 Å². The highest BCUT2D eigenvalue weighted by Crippen LogP contribution is 2.18. The van der Waals surface area contributed by atoms with Crippen molar-refractivity contribution in [2.24, 2.45) is 5.16 Å². The molecule has 6 heteroatoms. The number of rotatable bonds is 6. The van der Waals surface area contributed by atoms with Gasteiger partial charge in [0.25, 0.3) is 5.69 Å². The average molecular weight is 349 g/mol. The van der Waals surface area contributed by atoms with E-state index in [0.29, 0.717) is 5.56 Å². The van der Waals surface area contributed by atoms with Crippen LogP contribution in [0.3, 0.4) is 0 Å². The minimum atomic E-state index is -0.427. The molecule has 3 aromatic rings. The Morgan fingerprint density at radius 1 is 1.15 bits per heavy atom. The van der Waals surface area contributed by atoms with Gasteiger partial charge in [-0.15, -0.1) is 0 Å². The van der Waals surface area contributed by atoms with Gasteiger partial charge in [-0.25, -0.2) is 0 Å².